The van der Waals surface area contributed by atoms with Crippen LogP contribution in [0, 0.1) is 17.7 Å². The van der Waals surface area contributed by atoms with Crippen molar-refractivity contribution in [2.75, 3.05) is 6.61 Å². The number of hydrogen-bond donors (Lipinski definition) is 1. The van der Waals surface area contributed by atoms with Crippen LogP contribution in [-0.4, -0.2) is 21.3 Å². The Kier molecular flexibility index (Phi) is 4.61. The zero-order valence-corrected chi connectivity index (χ0v) is 11.2. The third-order valence-electron chi connectivity index (χ3n) is 2.50. The quantitative estimate of drug-likeness (QED) is 0.690. The second-order valence-corrected chi connectivity index (χ2v) is 4.82. The molecule has 5 heteroatoms. The minimum absolute atomic E-state index is 0.224. The van der Waals surface area contributed by atoms with Gasteiger partial charge < -0.3 is 9.67 Å². The van der Waals surface area contributed by atoms with Crippen LogP contribution in [0.1, 0.15) is 11.1 Å². The lowest BCUT2D eigenvalue weighted by atomic mass is 10.1. The van der Waals surface area contributed by atoms with E-state index in [-0.39, 0.29) is 12.4 Å². The molecule has 0 atom stereocenters. The van der Waals surface area contributed by atoms with Gasteiger partial charge in [-0.3, -0.25) is 0 Å². The monoisotopic (exact) mass is 276 g/mol. The molecule has 0 saturated heterocycles. The zero-order chi connectivity index (χ0) is 13.7. The predicted molar refractivity (Wildman–Crippen MR) is 73.1 cm³/mol. The van der Waals surface area contributed by atoms with Gasteiger partial charge in [-0.25, -0.2) is 9.37 Å². The first-order valence-corrected chi connectivity index (χ1v) is 6.67. The van der Waals surface area contributed by atoms with Crippen LogP contribution in [0.15, 0.2) is 35.7 Å². The molecule has 0 aliphatic rings. The fraction of sp³-hybridized carbons (Fsp3) is 0.214. The smallest absolute Gasteiger partial charge is 0.167 e. The highest BCUT2D eigenvalue weighted by Gasteiger charge is 2.06. The van der Waals surface area contributed by atoms with Gasteiger partial charge in [-0.05, 0) is 17.7 Å². The molecule has 0 saturated carbocycles. The normalized spacial score (nSPS) is 10.1. The molecule has 1 aromatic carbocycles. The summed E-state index contributed by atoms with van der Waals surface area (Å²) in [6.07, 6.45) is 3.57. The molecule has 98 valence electrons. The zero-order valence-electron chi connectivity index (χ0n) is 10.4. The molecule has 0 aliphatic carbocycles. The van der Waals surface area contributed by atoms with Crippen molar-refractivity contribution in [2.45, 2.75) is 10.9 Å². The van der Waals surface area contributed by atoms with Gasteiger partial charge in [0, 0.05) is 30.8 Å². The average Bonchev–Trinajstić information content (AvgIpc) is 2.81. The number of aliphatic hydroxyl groups excluding tert-OH is 1. The van der Waals surface area contributed by atoms with Gasteiger partial charge in [0.1, 0.15) is 12.4 Å². The van der Waals surface area contributed by atoms with Crippen LogP contribution in [-0.2, 0) is 12.8 Å². The first-order valence-electron chi connectivity index (χ1n) is 5.69. The Morgan fingerprint density at radius 1 is 1.47 bits per heavy atom. The molecule has 2 rings (SSSR count). The number of benzene rings is 1. The van der Waals surface area contributed by atoms with Crippen molar-refractivity contribution in [1.29, 1.82) is 0 Å². The van der Waals surface area contributed by atoms with Crippen molar-refractivity contribution in [3.63, 3.8) is 0 Å². The van der Waals surface area contributed by atoms with E-state index in [1.807, 2.05) is 17.8 Å². The van der Waals surface area contributed by atoms with E-state index in [4.69, 9.17) is 5.11 Å². The molecule has 0 fully saturated rings. The van der Waals surface area contributed by atoms with Crippen molar-refractivity contribution < 1.29 is 9.50 Å². The van der Waals surface area contributed by atoms with Crippen molar-refractivity contribution in [1.82, 2.24) is 9.55 Å². The van der Waals surface area contributed by atoms with Crippen LogP contribution < -0.4 is 0 Å². The molecule has 1 aromatic heterocycles. The maximum atomic E-state index is 13.8. The van der Waals surface area contributed by atoms with Gasteiger partial charge in [-0.2, -0.15) is 0 Å². The summed E-state index contributed by atoms with van der Waals surface area (Å²) in [7, 11) is 1.90. The van der Waals surface area contributed by atoms with Gasteiger partial charge in [0.15, 0.2) is 5.16 Å². The minimum Gasteiger partial charge on any atom is -0.384 e. The molecular weight excluding hydrogens is 263 g/mol. The summed E-state index contributed by atoms with van der Waals surface area (Å²) in [6, 6.07) is 4.85. The largest absolute Gasteiger partial charge is 0.384 e. The van der Waals surface area contributed by atoms with Crippen molar-refractivity contribution in [3.05, 3.63) is 47.5 Å². The first-order chi connectivity index (χ1) is 9.20. The highest BCUT2D eigenvalue weighted by molar-refractivity contribution is 7.98. The summed E-state index contributed by atoms with van der Waals surface area (Å²) in [5, 5.41) is 9.44. The Morgan fingerprint density at radius 3 is 2.95 bits per heavy atom. The number of aromatic nitrogens is 2. The molecule has 1 heterocycles. The lowest BCUT2D eigenvalue weighted by Crippen LogP contribution is -1.93. The summed E-state index contributed by atoms with van der Waals surface area (Å²) in [6.45, 7) is -0.224. The molecule has 2 aromatic rings. The molecule has 0 bridgehead atoms. The van der Waals surface area contributed by atoms with E-state index < -0.39 is 0 Å². The van der Waals surface area contributed by atoms with Crippen molar-refractivity contribution in [3.8, 4) is 11.8 Å². The lowest BCUT2D eigenvalue weighted by Gasteiger charge is -2.04. The number of halogens is 1. The van der Waals surface area contributed by atoms with Crippen LogP contribution in [0.3, 0.4) is 0 Å². The number of thioether (sulfide) groups is 1. The van der Waals surface area contributed by atoms with Crippen molar-refractivity contribution in [2.24, 2.45) is 7.05 Å². The third kappa shape index (κ3) is 3.60. The number of aliphatic hydroxyl groups is 1. The molecule has 19 heavy (non-hydrogen) atoms. The molecule has 0 unspecified atom stereocenters. The number of aryl methyl sites for hydroxylation is 1. The molecule has 1 N–H and O–H groups in total. The highest BCUT2D eigenvalue weighted by Crippen LogP contribution is 2.22. The number of nitrogens with zero attached hydrogens (tertiary/aromatic N) is 2. The van der Waals surface area contributed by atoms with E-state index >= 15 is 0 Å². The maximum Gasteiger partial charge on any atom is 0.167 e. The number of rotatable bonds is 3. The van der Waals surface area contributed by atoms with Crippen LogP contribution in [0.25, 0.3) is 0 Å². The lowest BCUT2D eigenvalue weighted by molar-refractivity contribution is 0.350. The van der Waals surface area contributed by atoms with E-state index in [0.717, 1.165) is 5.16 Å². The van der Waals surface area contributed by atoms with E-state index in [1.165, 1.54) is 17.8 Å². The second kappa shape index (κ2) is 6.41. The molecule has 3 nitrogen and oxygen atoms in total. The topological polar surface area (TPSA) is 38.0 Å². The van der Waals surface area contributed by atoms with Gasteiger partial charge in [-0.1, -0.05) is 29.7 Å². The second-order valence-electron chi connectivity index (χ2n) is 3.88. The highest BCUT2D eigenvalue weighted by atomic mass is 32.2. The number of hydrogen-bond acceptors (Lipinski definition) is 3. The van der Waals surface area contributed by atoms with Crippen LogP contribution in [0.5, 0.6) is 0 Å². The number of imidazole rings is 1. The minimum atomic E-state index is -0.286. The van der Waals surface area contributed by atoms with Crippen molar-refractivity contribution >= 4 is 11.8 Å². The first kappa shape index (κ1) is 13.7. The Labute approximate surface area is 115 Å². The Hall–Kier alpha value is -1.77. The SMILES string of the molecule is Cn1ccnc1SCc1ccc(C#CCO)cc1F. The Morgan fingerprint density at radius 2 is 2.32 bits per heavy atom. The van der Waals surface area contributed by atoms with E-state index in [0.29, 0.717) is 16.9 Å². The van der Waals surface area contributed by atoms with Gasteiger partial charge in [-0.15, -0.1) is 0 Å². The fourth-order valence-electron chi connectivity index (χ4n) is 1.52. The maximum absolute atomic E-state index is 13.8. The predicted octanol–water partition coefficient (Wildman–Crippen LogP) is 2.20. The molecule has 0 amide bonds. The Balaban J connectivity index is 2.07. The van der Waals surface area contributed by atoms with Gasteiger partial charge in [0.2, 0.25) is 0 Å². The summed E-state index contributed by atoms with van der Waals surface area (Å²) in [5.41, 5.74) is 1.18. The summed E-state index contributed by atoms with van der Waals surface area (Å²) >= 11 is 1.48. The fourth-order valence-corrected chi connectivity index (χ4v) is 2.44. The van der Waals surface area contributed by atoms with E-state index in [9.17, 15) is 4.39 Å². The van der Waals surface area contributed by atoms with Crippen LogP contribution in [0.4, 0.5) is 4.39 Å². The third-order valence-corrected chi connectivity index (χ3v) is 3.61. The standard InChI is InChI=1S/C14H13FN2OS/c1-17-7-6-16-14(17)19-10-12-5-4-11(3-2-8-18)9-13(12)15/h4-7,9,18H,8,10H2,1H3. The van der Waals surface area contributed by atoms with Gasteiger partial charge >= 0.3 is 0 Å². The summed E-state index contributed by atoms with van der Waals surface area (Å²) in [5.74, 6) is 5.40. The summed E-state index contributed by atoms with van der Waals surface area (Å²) in [4.78, 5) is 4.17. The molecular formula is C14H13FN2OS. The van der Waals surface area contributed by atoms with E-state index in [2.05, 4.69) is 16.8 Å². The summed E-state index contributed by atoms with van der Waals surface area (Å²) < 4.78 is 15.7. The van der Waals surface area contributed by atoms with Crippen LogP contribution >= 0.6 is 11.8 Å². The van der Waals surface area contributed by atoms with E-state index in [1.54, 1.807) is 18.3 Å². The average molecular weight is 276 g/mol. The van der Waals surface area contributed by atoms with Crippen LogP contribution in [0.2, 0.25) is 0 Å². The Bertz CT molecular complexity index is 628. The molecule has 0 spiro atoms. The molecule has 0 aliphatic heterocycles. The molecule has 0 radical (unpaired) electrons. The van der Waals surface area contributed by atoms with Gasteiger partial charge in [0.05, 0.1) is 0 Å². The van der Waals surface area contributed by atoms with Gasteiger partial charge in [0.25, 0.3) is 0 Å².